The molecule has 0 spiro atoms. The van der Waals surface area contributed by atoms with Crippen LogP contribution in [0.25, 0.3) is 0 Å². The Hall–Kier alpha value is -1.76. The molecule has 1 fully saturated rings. The Balaban J connectivity index is 2.38. The van der Waals surface area contributed by atoms with Gasteiger partial charge in [-0.15, -0.1) is 0 Å². The Labute approximate surface area is 90.8 Å². The lowest BCUT2D eigenvalue weighted by Gasteiger charge is -2.28. The third-order valence-corrected chi connectivity index (χ3v) is 2.39. The van der Waals surface area contributed by atoms with E-state index >= 15 is 0 Å². The van der Waals surface area contributed by atoms with E-state index < -0.39 is 16.6 Å². The van der Waals surface area contributed by atoms with Crippen molar-refractivity contribution in [2.45, 2.75) is 0 Å². The number of pyridine rings is 1. The van der Waals surface area contributed by atoms with Crippen molar-refractivity contribution in [3.63, 3.8) is 0 Å². The summed E-state index contributed by atoms with van der Waals surface area (Å²) in [5.74, 6) is -1.05. The van der Waals surface area contributed by atoms with Gasteiger partial charge in [0.15, 0.2) is 0 Å². The normalized spacial score (nSPS) is 16.2. The van der Waals surface area contributed by atoms with Gasteiger partial charge < -0.3 is 9.64 Å². The molecule has 0 unspecified atom stereocenters. The molecule has 0 amide bonds. The predicted molar refractivity (Wildman–Crippen MR) is 53.9 cm³/mol. The third kappa shape index (κ3) is 1.94. The molecule has 0 aliphatic carbocycles. The van der Waals surface area contributed by atoms with Gasteiger partial charge in [-0.3, -0.25) is 10.1 Å². The van der Waals surface area contributed by atoms with E-state index in [-0.39, 0.29) is 5.69 Å². The zero-order valence-corrected chi connectivity index (χ0v) is 8.43. The van der Waals surface area contributed by atoms with E-state index in [0.717, 1.165) is 0 Å². The number of ether oxygens (including phenoxy) is 1. The van der Waals surface area contributed by atoms with Gasteiger partial charge in [0.25, 0.3) is 5.95 Å². The molecule has 2 heterocycles. The molecular weight excluding hydrogens is 217 g/mol. The monoisotopic (exact) mass is 227 g/mol. The van der Waals surface area contributed by atoms with Crippen molar-refractivity contribution in [2.24, 2.45) is 0 Å². The lowest BCUT2D eigenvalue weighted by Crippen LogP contribution is -2.36. The maximum atomic E-state index is 13.2. The number of halogens is 1. The summed E-state index contributed by atoms with van der Waals surface area (Å²) in [6.45, 7) is 2.01. The number of anilines is 1. The molecule has 7 heteroatoms. The summed E-state index contributed by atoms with van der Waals surface area (Å²) in [5, 5.41) is 10.8. The first-order chi connectivity index (χ1) is 7.70. The number of aromatic nitrogens is 1. The summed E-state index contributed by atoms with van der Waals surface area (Å²) in [7, 11) is 0. The minimum Gasteiger partial charge on any atom is -0.378 e. The van der Waals surface area contributed by atoms with Crippen LogP contribution in [0, 0.1) is 16.1 Å². The molecule has 1 aromatic heterocycles. The Kier molecular flexibility index (Phi) is 2.95. The molecule has 86 valence electrons. The quantitative estimate of drug-likeness (QED) is 0.427. The summed E-state index contributed by atoms with van der Waals surface area (Å²) >= 11 is 0. The minimum atomic E-state index is -1.05. The van der Waals surface area contributed by atoms with Crippen molar-refractivity contribution < 1.29 is 14.1 Å². The molecule has 1 aromatic rings. The summed E-state index contributed by atoms with van der Waals surface area (Å²) in [6.07, 6.45) is 1.23. The number of morpholine rings is 1. The lowest BCUT2D eigenvalue weighted by atomic mass is 10.3. The van der Waals surface area contributed by atoms with Crippen LogP contribution in [0.15, 0.2) is 12.3 Å². The van der Waals surface area contributed by atoms with Gasteiger partial charge in [-0.25, -0.2) is 4.98 Å². The predicted octanol–water partition coefficient (Wildman–Crippen LogP) is 0.965. The van der Waals surface area contributed by atoms with Gasteiger partial charge in [-0.05, 0) is 6.07 Å². The van der Waals surface area contributed by atoms with E-state index in [1.807, 2.05) is 0 Å². The van der Waals surface area contributed by atoms with Crippen molar-refractivity contribution >= 4 is 11.4 Å². The number of hydrogen-bond donors (Lipinski definition) is 0. The lowest BCUT2D eigenvalue weighted by molar-refractivity contribution is -0.387. The number of nitro groups is 1. The van der Waals surface area contributed by atoms with Crippen LogP contribution in [-0.4, -0.2) is 36.2 Å². The van der Waals surface area contributed by atoms with Crippen LogP contribution in [0.4, 0.5) is 15.8 Å². The first-order valence-corrected chi connectivity index (χ1v) is 4.81. The van der Waals surface area contributed by atoms with Crippen LogP contribution < -0.4 is 4.90 Å². The molecule has 0 bridgehead atoms. The zero-order valence-electron chi connectivity index (χ0n) is 8.43. The highest BCUT2D eigenvalue weighted by Crippen LogP contribution is 2.29. The Morgan fingerprint density at radius 2 is 2.19 bits per heavy atom. The van der Waals surface area contributed by atoms with E-state index in [1.54, 1.807) is 4.90 Å². The Morgan fingerprint density at radius 3 is 2.81 bits per heavy atom. The van der Waals surface area contributed by atoms with E-state index in [9.17, 15) is 14.5 Å². The maximum Gasteiger partial charge on any atom is 0.347 e. The van der Waals surface area contributed by atoms with Gasteiger partial charge in [0.05, 0.1) is 18.1 Å². The Bertz CT molecular complexity index is 407. The fourth-order valence-electron chi connectivity index (χ4n) is 1.65. The molecule has 0 aromatic carbocycles. The molecule has 2 rings (SSSR count). The van der Waals surface area contributed by atoms with E-state index in [0.29, 0.717) is 26.3 Å². The second-order valence-corrected chi connectivity index (χ2v) is 3.33. The molecule has 16 heavy (non-hydrogen) atoms. The highest BCUT2D eigenvalue weighted by atomic mass is 19.1. The Morgan fingerprint density at radius 1 is 1.50 bits per heavy atom. The SMILES string of the molecule is O=[N+]([O-])c1c(N2CCOCC2)ccnc1F. The summed E-state index contributed by atoms with van der Waals surface area (Å²) in [6, 6.07) is 1.45. The van der Waals surface area contributed by atoms with Crippen molar-refractivity contribution in [2.75, 3.05) is 31.2 Å². The third-order valence-electron chi connectivity index (χ3n) is 2.39. The van der Waals surface area contributed by atoms with Crippen LogP contribution in [0.5, 0.6) is 0 Å². The van der Waals surface area contributed by atoms with Crippen LogP contribution in [0.3, 0.4) is 0 Å². The van der Waals surface area contributed by atoms with Crippen molar-refractivity contribution in [3.05, 3.63) is 28.3 Å². The maximum absolute atomic E-state index is 13.2. The largest absolute Gasteiger partial charge is 0.378 e. The summed E-state index contributed by atoms with van der Waals surface area (Å²) in [5.41, 5.74) is -0.301. The molecule has 0 N–H and O–H groups in total. The summed E-state index contributed by atoms with van der Waals surface area (Å²) in [4.78, 5) is 15.0. The molecule has 1 aliphatic heterocycles. The van der Waals surface area contributed by atoms with Crippen LogP contribution in [0.1, 0.15) is 0 Å². The number of hydrogen-bond acceptors (Lipinski definition) is 5. The average molecular weight is 227 g/mol. The molecule has 1 saturated heterocycles. The smallest absolute Gasteiger partial charge is 0.347 e. The van der Waals surface area contributed by atoms with Gasteiger partial charge in [-0.1, -0.05) is 0 Å². The van der Waals surface area contributed by atoms with E-state index in [2.05, 4.69) is 4.98 Å². The molecular formula is C9H10FN3O3. The fourth-order valence-corrected chi connectivity index (χ4v) is 1.65. The van der Waals surface area contributed by atoms with Gasteiger partial charge in [0, 0.05) is 19.3 Å². The topological polar surface area (TPSA) is 68.5 Å². The van der Waals surface area contributed by atoms with Crippen molar-refractivity contribution in [1.29, 1.82) is 0 Å². The summed E-state index contributed by atoms with van der Waals surface area (Å²) < 4.78 is 18.4. The van der Waals surface area contributed by atoms with Crippen LogP contribution in [-0.2, 0) is 4.74 Å². The standard InChI is InChI=1S/C9H10FN3O3/c10-9-8(13(14)15)7(1-2-11-9)12-3-5-16-6-4-12/h1-2H,3-6H2. The second-order valence-electron chi connectivity index (χ2n) is 3.33. The van der Waals surface area contributed by atoms with E-state index in [1.165, 1.54) is 12.3 Å². The van der Waals surface area contributed by atoms with Crippen molar-refractivity contribution in [1.82, 2.24) is 4.98 Å². The van der Waals surface area contributed by atoms with Gasteiger partial charge in [0.1, 0.15) is 5.69 Å². The van der Waals surface area contributed by atoms with E-state index in [4.69, 9.17) is 4.74 Å². The highest BCUT2D eigenvalue weighted by Gasteiger charge is 2.26. The molecule has 0 saturated carbocycles. The second kappa shape index (κ2) is 4.40. The van der Waals surface area contributed by atoms with Gasteiger partial charge >= 0.3 is 5.69 Å². The minimum absolute atomic E-state index is 0.265. The molecule has 6 nitrogen and oxygen atoms in total. The first-order valence-electron chi connectivity index (χ1n) is 4.81. The van der Waals surface area contributed by atoms with Gasteiger partial charge in [-0.2, -0.15) is 4.39 Å². The van der Waals surface area contributed by atoms with Gasteiger partial charge in [0.2, 0.25) is 0 Å². The fraction of sp³-hybridized carbons (Fsp3) is 0.444. The first kappa shape index (κ1) is 10.7. The number of rotatable bonds is 2. The molecule has 1 aliphatic rings. The molecule has 0 radical (unpaired) electrons. The molecule has 0 atom stereocenters. The zero-order chi connectivity index (χ0) is 11.5. The number of nitrogens with zero attached hydrogens (tertiary/aromatic N) is 3. The van der Waals surface area contributed by atoms with Crippen LogP contribution >= 0.6 is 0 Å². The van der Waals surface area contributed by atoms with Crippen molar-refractivity contribution in [3.8, 4) is 0 Å². The highest BCUT2D eigenvalue weighted by molar-refractivity contribution is 5.62. The average Bonchev–Trinajstić information content (AvgIpc) is 2.29. The van der Waals surface area contributed by atoms with Crippen LogP contribution in [0.2, 0.25) is 0 Å².